The van der Waals surface area contributed by atoms with Crippen LogP contribution in [0.2, 0.25) is 0 Å². The third-order valence-electron chi connectivity index (χ3n) is 4.17. The molecule has 14 nitrogen and oxygen atoms in total. The lowest BCUT2D eigenvalue weighted by Gasteiger charge is -2.16. The van der Waals surface area contributed by atoms with Crippen LogP contribution in [0.25, 0.3) is 11.2 Å². The van der Waals surface area contributed by atoms with Gasteiger partial charge in [-0.05, 0) is 6.92 Å². The predicted octanol–water partition coefficient (Wildman–Crippen LogP) is -1.04. The Morgan fingerprint density at radius 3 is 2.83 bits per heavy atom. The summed E-state index contributed by atoms with van der Waals surface area (Å²) in [5, 5.41) is 9.79. The summed E-state index contributed by atoms with van der Waals surface area (Å²) in [5.74, 6) is 0. The van der Waals surface area contributed by atoms with E-state index in [-0.39, 0.29) is 6.42 Å². The van der Waals surface area contributed by atoms with Crippen molar-refractivity contribution in [2.24, 2.45) is 0 Å². The minimum atomic E-state index is -4.67. The molecule has 15 heteroatoms. The Hall–Kier alpha value is -2.74. The number of ether oxygens (including phenoxy) is 1. The van der Waals surface area contributed by atoms with Gasteiger partial charge in [0.05, 0.1) is 25.2 Å². The number of aromatic amines is 2. The number of aliphatic hydroxyl groups is 1. The summed E-state index contributed by atoms with van der Waals surface area (Å²) in [7, 11) is -4.67. The molecule has 4 heterocycles. The second-order valence-electron chi connectivity index (χ2n) is 6.36. The maximum atomic E-state index is 11.7. The van der Waals surface area contributed by atoms with Crippen molar-refractivity contribution in [3.8, 4) is 0 Å². The van der Waals surface area contributed by atoms with Crippen molar-refractivity contribution in [3.63, 3.8) is 0 Å². The number of hydrogen-bond acceptors (Lipinski definition) is 9. The lowest BCUT2D eigenvalue weighted by molar-refractivity contribution is -0.0451. The number of hydrogen-bond donors (Lipinski definition) is 5. The van der Waals surface area contributed by atoms with E-state index in [9.17, 15) is 19.3 Å². The quantitative estimate of drug-likeness (QED) is 0.308. The van der Waals surface area contributed by atoms with Gasteiger partial charge in [-0.3, -0.25) is 18.9 Å². The minimum Gasteiger partial charge on any atom is -0.390 e. The third kappa shape index (κ3) is 5.44. The molecule has 0 aromatic carbocycles. The molecule has 3 atom stereocenters. The van der Waals surface area contributed by atoms with E-state index in [0.717, 1.165) is 10.1 Å². The van der Waals surface area contributed by atoms with E-state index >= 15 is 0 Å². The second kappa shape index (κ2) is 8.95. The first kappa shape index (κ1) is 22.0. The highest BCUT2D eigenvalue weighted by Gasteiger charge is 2.37. The highest BCUT2D eigenvalue weighted by molar-refractivity contribution is 7.46. The van der Waals surface area contributed by atoms with Crippen LogP contribution in [0, 0.1) is 6.92 Å². The number of phosphoric ester groups is 1. The fourth-order valence-electron chi connectivity index (χ4n) is 2.70. The molecule has 0 aliphatic carbocycles. The first-order chi connectivity index (χ1) is 14.1. The molecule has 3 aromatic heterocycles. The zero-order valence-electron chi connectivity index (χ0n) is 15.6. The lowest BCUT2D eigenvalue weighted by atomic mass is 10.2. The summed E-state index contributed by atoms with van der Waals surface area (Å²) >= 11 is 0. The van der Waals surface area contributed by atoms with Crippen molar-refractivity contribution in [2.75, 3.05) is 6.61 Å². The van der Waals surface area contributed by atoms with Crippen LogP contribution in [0.3, 0.4) is 0 Å². The molecule has 0 radical (unpaired) electrons. The zero-order valence-corrected chi connectivity index (χ0v) is 16.5. The number of H-pyrrole nitrogens is 2. The maximum Gasteiger partial charge on any atom is 0.469 e. The number of aliphatic hydroxyl groups excluding tert-OH is 1. The largest absolute Gasteiger partial charge is 0.469 e. The van der Waals surface area contributed by atoms with E-state index in [1.54, 1.807) is 12.5 Å². The Morgan fingerprint density at radius 2 is 2.13 bits per heavy atom. The van der Waals surface area contributed by atoms with E-state index < -0.39 is 44.1 Å². The first-order valence-electron chi connectivity index (χ1n) is 8.59. The molecular weight excluding hydrogens is 423 g/mol. The zero-order chi connectivity index (χ0) is 21.9. The van der Waals surface area contributed by atoms with Crippen LogP contribution < -0.4 is 11.2 Å². The lowest BCUT2D eigenvalue weighted by Crippen LogP contribution is -2.33. The van der Waals surface area contributed by atoms with Crippen molar-refractivity contribution < 1.29 is 28.7 Å². The number of imidazole rings is 1. The van der Waals surface area contributed by atoms with Gasteiger partial charge in [-0.15, -0.1) is 0 Å². The molecular formula is C15H19N6O8P. The highest BCUT2D eigenvalue weighted by atomic mass is 31.2. The maximum absolute atomic E-state index is 11.7. The second-order valence-corrected chi connectivity index (χ2v) is 7.60. The molecule has 162 valence electrons. The molecule has 0 spiro atoms. The molecule has 0 amide bonds. The van der Waals surface area contributed by atoms with Crippen LogP contribution in [0.15, 0.2) is 34.6 Å². The van der Waals surface area contributed by atoms with Gasteiger partial charge in [-0.25, -0.2) is 24.3 Å². The molecule has 30 heavy (non-hydrogen) atoms. The van der Waals surface area contributed by atoms with Crippen LogP contribution >= 0.6 is 7.82 Å². The minimum absolute atomic E-state index is 0.0283. The summed E-state index contributed by atoms with van der Waals surface area (Å²) in [6.45, 7) is 0.994. The molecule has 0 saturated carbocycles. The molecule has 0 bridgehead atoms. The number of fused-ring (bicyclic) bond motifs is 1. The van der Waals surface area contributed by atoms with Crippen molar-refractivity contribution in [1.29, 1.82) is 0 Å². The number of rotatable bonds is 4. The van der Waals surface area contributed by atoms with Crippen molar-refractivity contribution >= 4 is 19.0 Å². The highest BCUT2D eigenvalue weighted by Crippen LogP contribution is 2.38. The van der Waals surface area contributed by atoms with Gasteiger partial charge in [0.1, 0.15) is 24.2 Å². The summed E-state index contributed by atoms with van der Waals surface area (Å²) in [5.41, 5.74) is 0.667. The number of phosphoric acid groups is 1. The number of aryl methyl sites for hydroxylation is 1. The van der Waals surface area contributed by atoms with Gasteiger partial charge in [0.2, 0.25) is 0 Å². The summed E-state index contributed by atoms with van der Waals surface area (Å²) in [4.78, 5) is 56.8. The standard InChI is InChI=1S/C10H15N2O8P.C5H4N4/c1-5-3-12(10(15)11-9(5)14)8-2-6(13)7(20-8)4-19-21(16,17)18;1-4-5(8-2-6-1)9-3-7-4/h3,6-8,13H,2,4H2,1H3,(H,11,14,15)(H2,16,17,18);1-3H,(H,6,7,8,9)/t6-,7+,8+;/m0./s1. The fourth-order valence-corrected chi connectivity index (χ4v) is 3.04. The number of aromatic nitrogens is 6. The molecule has 3 aromatic rings. The molecule has 1 saturated heterocycles. The molecule has 0 unspecified atom stereocenters. The average molecular weight is 442 g/mol. The monoisotopic (exact) mass is 442 g/mol. The first-order valence-corrected chi connectivity index (χ1v) is 10.1. The van der Waals surface area contributed by atoms with Crippen LogP contribution in [0.5, 0.6) is 0 Å². The van der Waals surface area contributed by atoms with Crippen LogP contribution in [-0.2, 0) is 13.8 Å². The third-order valence-corrected chi connectivity index (χ3v) is 4.65. The Labute approximate surface area is 167 Å². The Morgan fingerprint density at radius 1 is 1.37 bits per heavy atom. The molecule has 5 N–H and O–H groups in total. The van der Waals surface area contributed by atoms with Gasteiger partial charge in [-0.2, -0.15) is 0 Å². The fraction of sp³-hybridized carbons (Fsp3) is 0.400. The molecule has 1 aliphatic rings. The average Bonchev–Trinajstić information content (AvgIpc) is 3.29. The van der Waals surface area contributed by atoms with Gasteiger partial charge in [0.15, 0.2) is 5.65 Å². The van der Waals surface area contributed by atoms with Crippen molar-refractivity contribution in [1.82, 2.24) is 29.5 Å². The Balaban J connectivity index is 0.000000234. The van der Waals surface area contributed by atoms with E-state index in [0.29, 0.717) is 11.2 Å². The smallest absolute Gasteiger partial charge is 0.390 e. The van der Waals surface area contributed by atoms with Crippen LogP contribution in [-0.4, -0.2) is 63.2 Å². The summed E-state index contributed by atoms with van der Waals surface area (Å²) in [6.07, 6.45) is 3.19. The van der Waals surface area contributed by atoms with Gasteiger partial charge in [0, 0.05) is 18.2 Å². The predicted molar refractivity (Wildman–Crippen MR) is 100 cm³/mol. The number of nitrogens with zero attached hydrogens (tertiary/aromatic N) is 4. The Bertz CT molecular complexity index is 1140. The van der Waals surface area contributed by atoms with E-state index in [2.05, 4.69) is 29.4 Å². The van der Waals surface area contributed by atoms with Gasteiger partial charge in [0.25, 0.3) is 5.56 Å². The van der Waals surface area contributed by atoms with Gasteiger partial charge < -0.3 is 24.6 Å². The molecule has 4 rings (SSSR count). The van der Waals surface area contributed by atoms with Gasteiger partial charge >= 0.3 is 13.5 Å². The van der Waals surface area contributed by atoms with Crippen molar-refractivity contribution in [3.05, 3.63) is 51.4 Å². The Kier molecular flexibility index (Phi) is 6.55. The van der Waals surface area contributed by atoms with Crippen LogP contribution in [0.4, 0.5) is 0 Å². The van der Waals surface area contributed by atoms with E-state index in [1.807, 2.05) is 0 Å². The van der Waals surface area contributed by atoms with E-state index in [4.69, 9.17) is 14.5 Å². The normalized spacial score (nSPS) is 21.4. The molecule has 1 fully saturated rings. The number of nitrogens with one attached hydrogen (secondary N) is 2. The summed E-state index contributed by atoms with van der Waals surface area (Å²) < 4.78 is 21.4. The van der Waals surface area contributed by atoms with Crippen molar-refractivity contribution in [2.45, 2.75) is 31.8 Å². The van der Waals surface area contributed by atoms with Gasteiger partial charge in [-0.1, -0.05) is 0 Å². The summed E-state index contributed by atoms with van der Waals surface area (Å²) in [6, 6.07) is 0. The van der Waals surface area contributed by atoms with E-state index in [1.165, 1.54) is 19.4 Å². The van der Waals surface area contributed by atoms with Crippen LogP contribution in [0.1, 0.15) is 18.2 Å². The molecule has 1 aliphatic heterocycles. The SMILES string of the molecule is Cc1cn([C@H]2C[C@H](O)[C@@H](COP(=O)(O)O)O2)c(=O)[nH]c1=O.c1ncc2[nH]cnc2n1. The topological polar surface area (TPSA) is 206 Å².